The maximum atomic E-state index is 13.6. The van der Waals surface area contributed by atoms with Gasteiger partial charge in [0.1, 0.15) is 18.1 Å². The second kappa shape index (κ2) is 16.8. The van der Waals surface area contributed by atoms with Crippen molar-refractivity contribution < 1.29 is 19.1 Å². The summed E-state index contributed by atoms with van der Waals surface area (Å²) in [6.45, 7) is 4.38. The predicted octanol–water partition coefficient (Wildman–Crippen LogP) is 8.49. The smallest absolute Gasteiger partial charge is 0.272 e. The maximum Gasteiger partial charge on any atom is 0.272 e. The van der Waals surface area contributed by atoms with Crippen LogP contribution in [0, 0.1) is 6.92 Å². The van der Waals surface area contributed by atoms with Gasteiger partial charge in [0.2, 0.25) is 5.91 Å². The molecule has 3 amide bonds. The van der Waals surface area contributed by atoms with E-state index in [1.807, 2.05) is 117 Å². The number of carbonyl (C=O) groups excluding carboxylic acids is 3. The summed E-state index contributed by atoms with van der Waals surface area (Å²) >= 11 is 1.42. The third-order valence-electron chi connectivity index (χ3n) is 7.29. The number of hydrogen-bond donors (Lipinski definition) is 3. The minimum absolute atomic E-state index is 0.0730. The van der Waals surface area contributed by atoms with Crippen molar-refractivity contribution >= 4 is 46.9 Å². The Morgan fingerprint density at radius 3 is 2.10 bits per heavy atom. The topological polar surface area (TPSA) is 96.5 Å². The largest absolute Gasteiger partial charge is 0.489 e. The van der Waals surface area contributed by atoms with Crippen LogP contribution < -0.4 is 20.7 Å². The van der Waals surface area contributed by atoms with Gasteiger partial charge in [-0.15, -0.1) is 11.8 Å². The van der Waals surface area contributed by atoms with Crippen LogP contribution in [-0.4, -0.2) is 23.0 Å². The highest BCUT2D eigenvalue weighted by atomic mass is 32.2. The molecule has 0 saturated carbocycles. The van der Waals surface area contributed by atoms with Crippen LogP contribution in [-0.2, 0) is 16.2 Å². The molecule has 0 saturated heterocycles. The average Bonchev–Trinajstić information content (AvgIpc) is 3.11. The summed E-state index contributed by atoms with van der Waals surface area (Å²) in [6, 6.07) is 40.9. The lowest BCUT2D eigenvalue weighted by atomic mass is 10.1. The molecule has 3 N–H and O–H groups in total. The van der Waals surface area contributed by atoms with Crippen molar-refractivity contribution in [2.24, 2.45) is 0 Å². The number of benzene rings is 5. The lowest BCUT2D eigenvalue weighted by molar-refractivity contribution is -0.116. The first-order valence-corrected chi connectivity index (χ1v) is 16.5. The number of nitrogens with one attached hydrogen (secondary N) is 3. The zero-order valence-electron chi connectivity index (χ0n) is 26.8. The molecule has 242 valence electrons. The van der Waals surface area contributed by atoms with E-state index in [2.05, 4.69) is 16.0 Å². The number of carbonyl (C=O) groups is 3. The van der Waals surface area contributed by atoms with E-state index in [4.69, 9.17) is 4.74 Å². The normalized spacial score (nSPS) is 11.7. The monoisotopic (exact) mass is 655 g/mol. The second-order valence-corrected chi connectivity index (χ2v) is 12.4. The molecule has 0 radical (unpaired) electrons. The molecular weight excluding hydrogens is 619 g/mol. The minimum atomic E-state index is -0.491. The van der Waals surface area contributed by atoms with E-state index in [-0.39, 0.29) is 16.9 Å². The molecule has 0 aliphatic heterocycles. The molecule has 0 aromatic heterocycles. The quantitative estimate of drug-likeness (QED) is 0.0873. The van der Waals surface area contributed by atoms with Crippen LogP contribution >= 0.6 is 11.8 Å². The molecule has 0 spiro atoms. The molecular formula is C40H37N3O4S. The van der Waals surface area contributed by atoms with Crippen molar-refractivity contribution in [1.29, 1.82) is 0 Å². The Labute approximate surface area is 285 Å². The summed E-state index contributed by atoms with van der Waals surface area (Å²) in [5.41, 5.74) is 4.61. The highest BCUT2D eigenvalue weighted by molar-refractivity contribution is 8.00. The van der Waals surface area contributed by atoms with Crippen LogP contribution in [0.2, 0.25) is 0 Å². The van der Waals surface area contributed by atoms with Crippen molar-refractivity contribution in [1.82, 2.24) is 5.32 Å². The molecule has 0 heterocycles. The van der Waals surface area contributed by atoms with E-state index in [0.29, 0.717) is 35.6 Å². The Balaban J connectivity index is 1.30. The fourth-order valence-corrected chi connectivity index (χ4v) is 5.80. The van der Waals surface area contributed by atoms with Crippen molar-refractivity contribution in [3.05, 3.63) is 161 Å². The van der Waals surface area contributed by atoms with Gasteiger partial charge in [-0.05, 0) is 90.7 Å². The molecule has 0 aliphatic carbocycles. The molecule has 8 heteroatoms. The molecule has 5 aromatic carbocycles. The van der Waals surface area contributed by atoms with Gasteiger partial charge in [-0.2, -0.15) is 0 Å². The molecule has 5 rings (SSSR count). The number of thioether (sulfide) groups is 1. The standard InChI is InChI=1S/C40H37N3O4S/c1-3-37(40(46)42-32-17-10-12-28(2)24-32)48-35-19-11-18-33(26-35)41-39(45)36(43-38(44)31-15-8-5-9-16-31)25-29-20-22-34(23-21-29)47-27-30-13-6-4-7-14-30/h4-26,37H,3,27H2,1-2H3,(H,41,45)(H,42,46)(H,43,44)/b36-25+. The molecule has 0 aliphatic rings. The van der Waals surface area contributed by atoms with Crippen LogP contribution in [0.3, 0.4) is 0 Å². The number of aryl methyl sites for hydroxylation is 1. The van der Waals surface area contributed by atoms with Gasteiger partial charge in [0, 0.05) is 21.8 Å². The molecule has 1 atom stereocenters. The number of amides is 3. The molecule has 1 unspecified atom stereocenters. The van der Waals surface area contributed by atoms with Gasteiger partial charge in [0.15, 0.2) is 0 Å². The van der Waals surface area contributed by atoms with E-state index in [0.717, 1.165) is 21.7 Å². The summed E-state index contributed by atoms with van der Waals surface area (Å²) < 4.78 is 5.90. The van der Waals surface area contributed by atoms with Crippen LogP contribution in [0.5, 0.6) is 5.75 Å². The van der Waals surface area contributed by atoms with Gasteiger partial charge in [0.05, 0.1) is 5.25 Å². The lowest BCUT2D eigenvalue weighted by Crippen LogP contribution is -2.30. The average molecular weight is 656 g/mol. The van der Waals surface area contributed by atoms with E-state index in [1.54, 1.807) is 36.4 Å². The van der Waals surface area contributed by atoms with Gasteiger partial charge in [-0.1, -0.05) is 85.8 Å². The summed E-state index contributed by atoms with van der Waals surface area (Å²) in [4.78, 5) is 40.6. The first kappa shape index (κ1) is 33.8. The number of hydrogen-bond acceptors (Lipinski definition) is 5. The van der Waals surface area contributed by atoms with Gasteiger partial charge >= 0.3 is 0 Å². The van der Waals surface area contributed by atoms with E-state index in [1.165, 1.54) is 11.8 Å². The zero-order chi connectivity index (χ0) is 33.7. The van der Waals surface area contributed by atoms with Gasteiger partial charge in [-0.3, -0.25) is 14.4 Å². The van der Waals surface area contributed by atoms with Crippen LogP contribution in [0.15, 0.2) is 144 Å². The van der Waals surface area contributed by atoms with Crippen LogP contribution in [0.1, 0.15) is 40.4 Å². The Bertz CT molecular complexity index is 1880. The van der Waals surface area contributed by atoms with Gasteiger partial charge < -0.3 is 20.7 Å². The number of ether oxygens (including phenoxy) is 1. The minimum Gasteiger partial charge on any atom is -0.489 e. The Morgan fingerprint density at radius 1 is 0.750 bits per heavy atom. The Morgan fingerprint density at radius 2 is 1.42 bits per heavy atom. The predicted molar refractivity (Wildman–Crippen MR) is 194 cm³/mol. The van der Waals surface area contributed by atoms with E-state index in [9.17, 15) is 14.4 Å². The first-order chi connectivity index (χ1) is 23.4. The lowest BCUT2D eigenvalue weighted by Gasteiger charge is -2.16. The van der Waals surface area contributed by atoms with Gasteiger partial charge in [-0.25, -0.2) is 0 Å². The SMILES string of the molecule is CCC(Sc1cccc(NC(=O)/C(=C\c2ccc(OCc3ccccc3)cc2)NC(=O)c2ccccc2)c1)C(=O)Nc1cccc(C)c1. The van der Waals surface area contributed by atoms with Crippen molar-refractivity contribution in [2.45, 2.75) is 37.0 Å². The third kappa shape index (κ3) is 9.95. The maximum absolute atomic E-state index is 13.6. The summed E-state index contributed by atoms with van der Waals surface area (Å²) in [5.74, 6) is -0.306. The fourth-order valence-electron chi connectivity index (χ4n) is 4.79. The fraction of sp³-hybridized carbons (Fsp3) is 0.125. The molecule has 0 fully saturated rings. The zero-order valence-corrected chi connectivity index (χ0v) is 27.6. The first-order valence-electron chi connectivity index (χ1n) is 15.7. The number of anilines is 2. The third-order valence-corrected chi connectivity index (χ3v) is 8.65. The van der Waals surface area contributed by atoms with Gasteiger partial charge in [0.25, 0.3) is 11.8 Å². The number of rotatable bonds is 13. The highest BCUT2D eigenvalue weighted by Gasteiger charge is 2.19. The molecule has 48 heavy (non-hydrogen) atoms. The van der Waals surface area contributed by atoms with Crippen molar-refractivity contribution in [2.75, 3.05) is 10.6 Å². The molecule has 5 aromatic rings. The van der Waals surface area contributed by atoms with Crippen molar-refractivity contribution in [3.8, 4) is 5.75 Å². The van der Waals surface area contributed by atoms with E-state index < -0.39 is 11.8 Å². The van der Waals surface area contributed by atoms with Crippen LogP contribution in [0.25, 0.3) is 6.08 Å². The highest BCUT2D eigenvalue weighted by Crippen LogP contribution is 2.29. The van der Waals surface area contributed by atoms with Crippen molar-refractivity contribution in [3.63, 3.8) is 0 Å². The van der Waals surface area contributed by atoms with E-state index >= 15 is 0 Å². The Hall–Kier alpha value is -5.60. The molecule has 0 bridgehead atoms. The Kier molecular flexibility index (Phi) is 11.8. The van der Waals surface area contributed by atoms with Crippen LogP contribution in [0.4, 0.5) is 11.4 Å². The molecule has 7 nitrogen and oxygen atoms in total. The summed E-state index contributed by atoms with van der Waals surface area (Å²) in [7, 11) is 0. The summed E-state index contributed by atoms with van der Waals surface area (Å²) in [6.07, 6.45) is 2.24. The second-order valence-electron chi connectivity index (χ2n) is 11.1. The summed E-state index contributed by atoms with van der Waals surface area (Å²) in [5, 5.41) is 8.36.